The minimum Gasteiger partial charge on any atom is -0.336 e. The van der Waals surface area contributed by atoms with Crippen LogP contribution in [0.5, 0.6) is 0 Å². The van der Waals surface area contributed by atoms with Gasteiger partial charge in [-0.1, -0.05) is 49.6 Å². The lowest BCUT2D eigenvalue weighted by molar-refractivity contribution is 0.0555. The highest BCUT2D eigenvalue weighted by Gasteiger charge is 2.28. The molecule has 0 atom stereocenters. The number of carbonyl (C=O) groups is 2. The Hall–Kier alpha value is -2.95. The molecule has 0 saturated heterocycles. The van der Waals surface area contributed by atoms with Crippen molar-refractivity contribution in [1.29, 1.82) is 0 Å². The number of hydrogen-bond donors (Lipinski definition) is 1. The highest BCUT2D eigenvalue weighted by molar-refractivity contribution is 6.08. The van der Waals surface area contributed by atoms with Gasteiger partial charge in [0.2, 0.25) is 5.78 Å². The molecule has 1 aliphatic rings. The molecule has 1 aromatic heterocycles. The molecule has 1 fully saturated rings. The molecule has 0 aliphatic heterocycles. The first-order valence-corrected chi connectivity index (χ1v) is 10.8. The fraction of sp³-hybridized carbons (Fsp3) is 0.400. The van der Waals surface area contributed by atoms with Crippen LogP contribution in [0, 0.1) is 0 Å². The summed E-state index contributed by atoms with van der Waals surface area (Å²) in [5.74, 6) is 0.539. The third-order valence-corrected chi connectivity index (χ3v) is 5.55. The standard InChI is InChI=1S/C25H31N3O2/c1-4-5-7-12-23-26-17-22(27-23)24(29)19-13-15-20(16-14-19)25(30)28(18(2)3)21-10-8-6-9-11-21/h4-5,7,12-18,21H,6,8-11H2,1-3H3,(H,26,27)/b5-4-,12-7-. The summed E-state index contributed by atoms with van der Waals surface area (Å²) in [6.07, 6.45) is 14.8. The fourth-order valence-electron chi connectivity index (χ4n) is 4.04. The van der Waals surface area contributed by atoms with Gasteiger partial charge in [-0.2, -0.15) is 0 Å². The lowest BCUT2D eigenvalue weighted by Gasteiger charge is -2.37. The molecule has 1 N–H and O–H groups in total. The van der Waals surface area contributed by atoms with Crippen LogP contribution < -0.4 is 0 Å². The lowest BCUT2D eigenvalue weighted by atomic mass is 9.92. The lowest BCUT2D eigenvalue weighted by Crippen LogP contribution is -2.45. The molecule has 30 heavy (non-hydrogen) atoms. The van der Waals surface area contributed by atoms with E-state index < -0.39 is 0 Å². The van der Waals surface area contributed by atoms with Crippen LogP contribution in [0.2, 0.25) is 0 Å². The van der Waals surface area contributed by atoms with Crippen LogP contribution in [0.3, 0.4) is 0 Å². The number of amides is 1. The number of allylic oxidation sites excluding steroid dienone is 3. The third kappa shape index (κ3) is 5.15. The van der Waals surface area contributed by atoms with E-state index in [-0.39, 0.29) is 17.7 Å². The van der Waals surface area contributed by atoms with Gasteiger partial charge >= 0.3 is 0 Å². The number of imidazole rings is 1. The van der Waals surface area contributed by atoms with E-state index in [1.165, 1.54) is 19.3 Å². The van der Waals surface area contributed by atoms with E-state index in [0.29, 0.717) is 28.7 Å². The Morgan fingerprint density at radius 3 is 2.37 bits per heavy atom. The van der Waals surface area contributed by atoms with Crippen LogP contribution in [-0.4, -0.2) is 38.6 Å². The van der Waals surface area contributed by atoms with Gasteiger partial charge in [-0.3, -0.25) is 9.59 Å². The summed E-state index contributed by atoms with van der Waals surface area (Å²) in [4.78, 5) is 35.2. The Morgan fingerprint density at radius 2 is 1.73 bits per heavy atom. The molecular weight excluding hydrogens is 374 g/mol. The maximum absolute atomic E-state index is 13.2. The van der Waals surface area contributed by atoms with Crippen LogP contribution >= 0.6 is 0 Å². The highest BCUT2D eigenvalue weighted by Crippen LogP contribution is 2.26. The van der Waals surface area contributed by atoms with E-state index in [0.717, 1.165) is 12.8 Å². The summed E-state index contributed by atoms with van der Waals surface area (Å²) >= 11 is 0. The van der Waals surface area contributed by atoms with Crippen molar-refractivity contribution < 1.29 is 9.59 Å². The van der Waals surface area contributed by atoms with Gasteiger partial charge in [-0.25, -0.2) is 4.98 Å². The smallest absolute Gasteiger partial charge is 0.254 e. The van der Waals surface area contributed by atoms with E-state index in [1.807, 2.05) is 36.1 Å². The molecule has 1 aromatic carbocycles. The quantitative estimate of drug-likeness (QED) is 0.494. The summed E-state index contributed by atoms with van der Waals surface area (Å²) in [6, 6.07) is 7.44. The van der Waals surface area contributed by atoms with Crippen LogP contribution in [0.25, 0.3) is 6.08 Å². The first-order valence-electron chi connectivity index (χ1n) is 10.8. The zero-order chi connectivity index (χ0) is 21.5. The minimum atomic E-state index is -0.139. The van der Waals surface area contributed by atoms with Crippen molar-refractivity contribution >= 4 is 17.8 Å². The second kappa shape index (κ2) is 10.2. The molecule has 158 valence electrons. The summed E-state index contributed by atoms with van der Waals surface area (Å²) in [5.41, 5.74) is 1.60. The van der Waals surface area contributed by atoms with Crippen molar-refractivity contribution in [2.45, 2.75) is 65.0 Å². The molecule has 5 nitrogen and oxygen atoms in total. The van der Waals surface area contributed by atoms with Crippen molar-refractivity contribution in [3.63, 3.8) is 0 Å². The van der Waals surface area contributed by atoms with Crippen molar-refractivity contribution in [2.75, 3.05) is 0 Å². The monoisotopic (exact) mass is 405 g/mol. The van der Waals surface area contributed by atoms with Gasteiger partial charge in [0.1, 0.15) is 11.5 Å². The normalized spacial score (nSPS) is 15.3. The first kappa shape index (κ1) is 21.8. The topological polar surface area (TPSA) is 66.1 Å². The number of nitrogens with zero attached hydrogens (tertiary/aromatic N) is 2. The summed E-state index contributed by atoms with van der Waals surface area (Å²) in [7, 11) is 0. The molecule has 0 radical (unpaired) electrons. The zero-order valence-corrected chi connectivity index (χ0v) is 18.1. The molecule has 1 aliphatic carbocycles. The van der Waals surface area contributed by atoms with E-state index in [4.69, 9.17) is 0 Å². The molecule has 2 aromatic rings. The number of H-pyrrole nitrogens is 1. The number of carbonyl (C=O) groups excluding carboxylic acids is 2. The minimum absolute atomic E-state index is 0.0499. The molecule has 1 amide bonds. The SMILES string of the molecule is C/C=C\C=C/c1ncc(C(=O)c2ccc(C(=O)N(C(C)C)C3CCCCC3)cc2)[nH]1. The number of nitrogens with one attached hydrogen (secondary N) is 1. The van der Waals surface area contributed by atoms with Gasteiger partial charge in [-0.05, 0) is 51.8 Å². The molecule has 0 bridgehead atoms. The van der Waals surface area contributed by atoms with Gasteiger partial charge in [0.25, 0.3) is 5.91 Å². The number of aromatic nitrogens is 2. The fourth-order valence-corrected chi connectivity index (χ4v) is 4.04. The molecule has 3 rings (SSSR count). The van der Waals surface area contributed by atoms with Crippen molar-refractivity contribution in [3.8, 4) is 0 Å². The molecule has 1 heterocycles. The van der Waals surface area contributed by atoms with Gasteiger partial charge < -0.3 is 9.88 Å². The number of hydrogen-bond acceptors (Lipinski definition) is 3. The second-order valence-corrected chi connectivity index (χ2v) is 8.07. The summed E-state index contributed by atoms with van der Waals surface area (Å²) in [5, 5.41) is 0. The maximum Gasteiger partial charge on any atom is 0.254 e. The number of benzene rings is 1. The van der Waals surface area contributed by atoms with Gasteiger partial charge in [0.05, 0.1) is 6.20 Å². The van der Waals surface area contributed by atoms with Crippen LogP contribution in [0.1, 0.15) is 85.1 Å². The average Bonchev–Trinajstić information content (AvgIpc) is 3.23. The number of ketones is 1. The largest absolute Gasteiger partial charge is 0.336 e. The van der Waals surface area contributed by atoms with Crippen LogP contribution in [-0.2, 0) is 0 Å². The van der Waals surface area contributed by atoms with E-state index in [1.54, 1.807) is 30.5 Å². The Balaban J connectivity index is 1.73. The van der Waals surface area contributed by atoms with Gasteiger partial charge in [0.15, 0.2) is 0 Å². The van der Waals surface area contributed by atoms with Crippen LogP contribution in [0.15, 0.2) is 48.7 Å². The predicted octanol–water partition coefficient (Wildman–Crippen LogP) is 5.41. The van der Waals surface area contributed by atoms with E-state index in [9.17, 15) is 9.59 Å². The maximum atomic E-state index is 13.2. The Morgan fingerprint density at radius 1 is 1.07 bits per heavy atom. The highest BCUT2D eigenvalue weighted by atomic mass is 16.2. The Kier molecular flexibility index (Phi) is 7.39. The van der Waals surface area contributed by atoms with E-state index >= 15 is 0 Å². The third-order valence-electron chi connectivity index (χ3n) is 5.55. The predicted molar refractivity (Wildman–Crippen MR) is 120 cm³/mol. The molecule has 0 spiro atoms. The molecule has 1 saturated carbocycles. The summed E-state index contributed by atoms with van der Waals surface area (Å²) < 4.78 is 0. The number of rotatable bonds is 7. The van der Waals surface area contributed by atoms with Crippen molar-refractivity contribution in [3.05, 3.63) is 71.3 Å². The van der Waals surface area contributed by atoms with Crippen molar-refractivity contribution in [1.82, 2.24) is 14.9 Å². The Labute approximate surface area is 178 Å². The zero-order valence-electron chi connectivity index (χ0n) is 18.1. The van der Waals surface area contributed by atoms with Gasteiger partial charge in [0, 0.05) is 23.2 Å². The van der Waals surface area contributed by atoms with Gasteiger partial charge in [-0.15, -0.1) is 0 Å². The average molecular weight is 406 g/mol. The first-order chi connectivity index (χ1) is 14.5. The molecule has 5 heteroatoms. The van der Waals surface area contributed by atoms with Crippen LogP contribution in [0.4, 0.5) is 0 Å². The number of aromatic amines is 1. The second-order valence-electron chi connectivity index (χ2n) is 8.07. The van der Waals surface area contributed by atoms with E-state index in [2.05, 4.69) is 23.8 Å². The summed E-state index contributed by atoms with van der Waals surface area (Å²) in [6.45, 7) is 6.08. The molecular formula is C25H31N3O2. The molecule has 0 unspecified atom stereocenters. The van der Waals surface area contributed by atoms with Crippen molar-refractivity contribution in [2.24, 2.45) is 0 Å². The Bertz CT molecular complexity index is 916.